The highest BCUT2D eigenvalue weighted by Gasteiger charge is 2.42. The Hall–Kier alpha value is -2.65. The summed E-state index contributed by atoms with van der Waals surface area (Å²) in [4.78, 5) is 29.5. The first-order valence-corrected chi connectivity index (χ1v) is 8.42. The molecule has 0 aromatic heterocycles. The topological polar surface area (TPSA) is 88.8 Å². The second-order valence-corrected chi connectivity index (χ2v) is 6.20. The Morgan fingerprint density at radius 3 is 2.62 bits per heavy atom. The molecule has 1 aliphatic rings. The summed E-state index contributed by atoms with van der Waals surface area (Å²) in [5, 5.41) is 9.06. The van der Waals surface area contributed by atoms with Gasteiger partial charge < -0.3 is 9.47 Å². The van der Waals surface area contributed by atoms with Crippen molar-refractivity contribution in [2.45, 2.75) is 26.2 Å². The standard InChI is InChI=1S/C19H19ClN2O4/c1-11-15(18(23)25-3)17(13-7-4-5-8-14(13)20)16(12(2)22-11)19(24)26-10-6-9-21/h4-5,7-8,15,17H,6,10H2,1-3H3. The Kier molecular flexibility index (Phi) is 6.53. The fourth-order valence-electron chi connectivity index (χ4n) is 3.06. The number of esters is 2. The molecule has 0 saturated carbocycles. The fourth-order valence-corrected chi connectivity index (χ4v) is 3.32. The number of nitriles is 1. The molecule has 26 heavy (non-hydrogen) atoms. The Labute approximate surface area is 157 Å². The highest BCUT2D eigenvalue weighted by molar-refractivity contribution is 6.31. The quantitative estimate of drug-likeness (QED) is 0.582. The highest BCUT2D eigenvalue weighted by atomic mass is 35.5. The summed E-state index contributed by atoms with van der Waals surface area (Å²) in [6.07, 6.45) is 0.0809. The van der Waals surface area contributed by atoms with Gasteiger partial charge >= 0.3 is 11.9 Å². The molecule has 7 heteroatoms. The van der Waals surface area contributed by atoms with Gasteiger partial charge in [0.25, 0.3) is 0 Å². The molecule has 0 spiro atoms. The van der Waals surface area contributed by atoms with Gasteiger partial charge in [-0.2, -0.15) is 5.26 Å². The summed E-state index contributed by atoms with van der Waals surface area (Å²) in [6, 6.07) is 8.92. The van der Waals surface area contributed by atoms with Crippen molar-refractivity contribution < 1.29 is 19.1 Å². The van der Waals surface area contributed by atoms with Gasteiger partial charge in [-0.25, -0.2) is 4.79 Å². The van der Waals surface area contributed by atoms with E-state index >= 15 is 0 Å². The first-order chi connectivity index (χ1) is 12.4. The van der Waals surface area contributed by atoms with Gasteiger partial charge in [0.2, 0.25) is 0 Å². The zero-order chi connectivity index (χ0) is 19.3. The van der Waals surface area contributed by atoms with Crippen LogP contribution in [0, 0.1) is 17.2 Å². The minimum absolute atomic E-state index is 0.0348. The average molecular weight is 375 g/mol. The van der Waals surface area contributed by atoms with Crippen molar-refractivity contribution in [2.24, 2.45) is 10.9 Å². The second kappa shape index (κ2) is 8.63. The van der Waals surface area contributed by atoms with Crippen LogP contribution in [0.2, 0.25) is 5.02 Å². The summed E-state index contributed by atoms with van der Waals surface area (Å²) in [6.45, 7) is 3.36. The number of carbonyl (C=O) groups is 2. The molecule has 1 aliphatic heterocycles. The largest absolute Gasteiger partial charge is 0.468 e. The van der Waals surface area contributed by atoms with E-state index in [1.54, 1.807) is 38.1 Å². The van der Waals surface area contributed by atoms with Gasteiger partial charge in [-0.15, -0.1) is 0 Å². The summed E-state index contributed by atoms with van der Waals surface area (Å²) >= 11 is 6.35. The molecule has 0 aliphatic carbocycles. The number of ether oxygens (including phenoxy) is 2. The zero-order valence-electron chi connectivity index (χ0n) is 14.8. The van der Waals surface area contributed by atoms with E-state index < -0.39 is 23.8 Å². The number of benzene rings is 1. The molecule has 1 heterocycles. The Morgan fingerprint density at radius 1 is 1.31 bits per heavy atom. The predicted molar refractivity (Wildman–Crippen MR) is 96.7 cm³/mol. The maximum atomic E-state index is 12.7. The van der Waals surface area contributed by atoms with Crippen molar-refractivity contribution in [3.05, 3.63) is 46.1 Å². The highest BCUT2D eigenvalue weighted by Crippen LogP contribution is 2.42. The van der Waals surface area contributed by atoms with E-state index in [0.29, 0.717) is 22.0 Å². The van der Waals surface area contributed by atoms with E-state index in [-0.39, 0.29) is 18.6 Å². The second-order valence-electron chi connectivity index (χ2n) is 5.80. The van der Waals surface area contributed by atoms with Gasteiger partial charge in [-0.3, -0.25) is 9.79 Å². The molecular weight excluding hydrogens is 356 g/mol. The number of hydrogen-bond donors (Lipinski definition) is 0. The van der Waals surface area contributed by atoms with Gasteiger partial charge in [0.1, 0.15) is 12.5 Å². The van der Waals surface area contributed by atoms with Crippen LogP contribution in [0.3, 0.4) is 0 Å². The lowest BCUT2D eigenvalue weighted by atomic mass is 9.75. The number of halogens is 1. The van der Waals surface area contributed by atoms with Crippen LogP contribution in [0.15, 0.2) is 40.5 Å². The number of aliphatic imine (C=N–C) groups is 1. The third-order valence-corrected chi connectivity index (χ3v) is 4.53. The van der Waals surface area contributed by atoms with E-state index in [9.17, 15) is 9.59 Å². The summed E-state index contributed by atoms with van der Waals surface area (Å²) in [5.41, 5.74) is 1.85. The van der Waals surface area contributed by atoms with Crippen LogP contribution in [0.5, 0.6) is 0 Å². The average Bonchev–Trinajstić information content (AvgIpc) is 2.61. The number of methoxy groups -OCH3 is 1. The molecule has 1 aromatic rings. The van der Waals surface area contributed by atoms with Gasteiger partial charge in [0, 0.05) is 22.3 Å². The lowest BCUT2D eigenvalue weighted by Crippen LogP contribution is -2.36. The molecule has 1 aromatic carbocycles. The lowest BCUT2D eigenvalue weighted by Gasteiger charge is -2.31. The number of nitrogens with zero attached hydrogens (tertiary/aromatic N) is 2. The molecule has 0 radical (unpaired) electrons. The maximum absolute atomic E-state index is 12.7. The number of carbonyl (C=O) groups excluding carboxylic acids is 2. The van der Waals surface area contributed by atoms with Gasteiger partial charge in [0.15, 0.2) is 0 Å². The molecule has 0 saturated heterocycles. The van der Waals surface area contributed by atoms with Gasteiger partial charge in [-0.1, -0.05) is 29.8 Å². The first-order valence-electron chi connectivity index (χ1n) is 8.04. The molecule has 2 rings (SSSR count). The van der Waals surface area contributed by atoms with Gasteiger partial charge in [-0.05, 0) is 25.5 Å². The van der Waals surface area contributed by atoms with Crippen LogP contribution in [0.25, 0.3) is 0 Å². The van der Waals surface area contributed by atoms with Crippen LogP contribution < -0.4 is 0 Å². The van der Waals surface area contributed by atoms with Crippen LogP contribution in [-0.4, -0.2) is 31.4 Å². The van der Waals surface area contributed by atoms with Crippen molar-refractivity contribution in [1.82, 2.24) is 0 Å². The van der Waals surface area contributed by atoms with Crippen molar-refractivity contribution >= 4 is 29.3 Å². The van der Waals surface area contributed by atoms with Gasteiger partial charge in [0.05, 0.1) is 25.2 Å². The summed E-state index contributed by atoms with van der Waals surface area (Å²) in [7, 11) is 1.29. The summed E-state index contributed by atoms with van der Waals surface area (Å²) < 4.78 is 10.1. The van der Waals surface area contributed by atoms with Crippen molar-refractivity contribution in [3.63, 3.8) is 0 Å². The monoisotopic (exact) mass is 374 g/mol. The Bertz CT molecular complexity index is 823. The zero-order valence-corrected chi connectivity index (χ0v) is 15.5. The number of rotatable bonds is 5. The van der Waals surface area contributed by atoms with Crippen LogP contribution in [0.1, 0.15) is 31.7 Å². The third kappa shape index (κ3) is 3.94. The van der Waals surface area contributed by atoms with Crippen LogP contribution >= 0.6 is 11.6 Å². The van der Waals surface area contributed by atoms with Crippen molar-refractivity contribution in [2.75, 3.05) is 13.7 Å². The molecule has 136 valence electrons. The van der Waals surface area contributed by atoms with E-state index in [1.807, 2.05) is 6.07 Å². The molecule has 2 atom stereocenters. The SMILES string of the molecule is COC(=O)C1C(C)=NC(C)=C(C(=O)OCCC#N)C1c1ccccc1Cl. The fraction of sp³-hybridized carbons (Fsp3) is 0.368. The molecule has 0 fully saturated rings. The molecule has 0 bridgehead atoms. The van der Waals surface area contributed by atoms with Crippen LogP contribution in [-0.2, 0) is 19.1 Å². The van der Waals surface area contributed by atoms with Crippen LogP contribution in [0.4, 0.5) is 0 Å². The van der Waals surface area contributed by atoms with Crippen molar-refractivity contribution in [3.8, 4) is 6.07 Å². The molecule has 6 nitrogen and oxygen atoms in total. The smallest absolute Gasteiger partial charge is 0.336 e. The molecule has 0 N–H and O–H groups in total. The maximum Gasteiger partial charge on any atom is 0.336 e. The minimum Gasteiger partial charge on any atom is -0.468 e. The van der Waals surface area contributed by atoms with E-state index in [1.165, 1.54) is 7.11 Å². The van der Waals surface area contributed by atoms with E-state index in [2.05, 4.69) is 4.99 Å². The first kappa shape index (κ1) is 19.7. The predicted octanol–water partition coefficient (Wildman–Crippen LogP) is 3.42. The Morgan fingerprint density at radius 2 is 2.00 bits per heavy atom. The van der Waals surface area contributed by atoms with E-state index in [4.69, 9.17) is 26.3 Å². The Balaban J connectivity index is 2.58. The number of hydrogen-bond acceptors (Lipinski definition) is 6. The minimum atomic E-state index is -0.790. The summed E-state index contributed by atoms with van der Waals surface area (Å²) in [5.74, 6) is -2.59. The lowest BCUT2D eigenvalue weighted by molar-refractivity contribution is -0.144. The third-order valence-electron chi connectivity index (χ3n) is 4.19. The normalized spacial score (nSPS) is 19.4. The molecule has 2 unspecified atom stereocenters. The molecular formula is C19H19ClN2O4. The van der Waals surface area contributed by atoms with Crippen molar-refractivity contribution in [1.29, 1.82) is 5.26 Å². The number of allylic oxidation sites excluding steroid dienone is 1. The molecule has 0 amide bonds. The van der Waals surface area contributed by atoms with E-state index in [0.717, 1.165) is 0 Å².